The molecule has 1 N–H and O–H groups in total. The zero-order valence-electron chi connectivity index (χ0n) is 8.05. The van der Waals surface area contributed by atoms with Crippen LogP contribution in [0, 0.1) is 6.92 Å². The van der Waals surface area contributed by atoms with Gasteiger partial charge in [-0.25, -0.2) is 4.98 Å². The van der Waals surface area contributed by atoms with E-state index in [-0.39, 0.29) is 0 Å². The highest BCUT2D eigenvalue weighted by Gasteiger charge is 2.12. The fourth-order valence-electron chi connectivity index (χ4n) is 1.69. The van der Waals surface area contributed by atoms with Crippen molar-refractivity contribution in [3.8, 4) is 5.88 Å². The van der Waals surface area contributed by atoms with E-state index in [9.17, 15) is 0 Å². The molecule has 0 saturated carbocycles. The van der Waals surface area contributed by atoms with E-state index in [0.717, 1.165) is 31.0 Å². The molecule has 0 fully saturated rings. The Bertz CT molecular complexity index is 323. The summed E-state index contributed by atoms with van der Waals surface area (Å²) in [5.74, 6) is 0.764. The van der Waals surface area contributed by atoms with Crippen molar-refractivity contribution in [1.82, 2.24) is 10.3 Å². The summed E-state index contributed by atoms with van der Waals surface area (Å²) in [6.45, 7) is 3.99. The molecule has 3 nitrogen and oxygen atoms in total. The van der Waals surface area contributed by atoms with Crippen molar-refractivity contribution in [2.24, 2.45) is 0 Å². The number of fused-ring (bicyclic) bond motifs is 1. The maximum Gasteiger partial charge on any atom is 0.216 e. The maximum absolute atomic E-state index is 5.18. The predicted molar refractivity (Wildman–Crippen MR) is 50.9 cm³/mol. The van der Waals surface area contributed by atoms with Gasteiger partial charge in [-0.15, -0.1) is 0 Å². The summed E-state index contributed by atoms with van der Waals surface area (Å²) < 4.78 is 5.18. The second kappa shape index (κ2) is 3.34. The Kier molecular flexibility index (Phi) is 2.19. The number of aryl methyl sites for hydroxylation is 1. The lowest BCUT2D eigenvalue weighted by molar-refractivity contribution is 0.391. The fourth-order valence-corrected chi connectivity index (χ4v) is 1.69. The van der Waals surface area contributed by atoms with Crippen LogP contribution in [-0.4, -0.2) is 18.6 Å². The first-order valence-corrected chi connectivity index (χ1v) is 4.55. The quantitative estimate of drug-likeness (QED) is 0.697. The SMILES string of the molecule is COc1nc2c(cc1C)CNCC2. The molecule has 0 amide bonds. The number of hydrogen-bond acceptors (Lipinski definition) is 3. The largest absolute Gasteiger partial charge is 0.481 e. The maximum atomic E-state index is 5.18. The van der Waals surface area contributed by atoms with E-state index in [1.54, 1.807) is 7.11 Å². The topological polar surface area (TPSA) is 34.1 Å². The van der Waals surface area contributed by atoms with Crippen LogP contribution in [0.3, 0.4) is 0 Å². The Labute approximate surface area is 78.1 Å². The monoisotopic (exact) mass is 178 g/mol. The first kappa shape index (κ1) is 8.51. The molecule has 1 aliphatic rings. The average Bonchev–Trinajstić information content (AvgIpc) is 2.17. The van der Waals surface area contributed by atoms with Crippen LogP contribution in [0.25, 0.3) is 0 Å². The molecule has 0 bridgehead atoms. The molecule has 70 valence electrons. The number of nitrogens with zero attached hydrogens (tertiary/aromatic N) is 1. The van der Waals surface area contributed by atoms with E-state index >= 15 is 0 Å². The summed E-state index contributed by atoms with van der Waals surface area (Å²) in [5.41, 5.74) is 3.61. The van der Waals surface area contributed by atoms with Gasteiger partial charge in [-0.3, -0.25) is 0 Å². The van der Waals surface area contributed by atoms with Gasteiger partial charge in [-0.05, 0) is 18.6 Å². The van der Waals surface area contributed by atoms with Crippen molar-refractivity contribution in [1.29, 1.82) is 0 Å². The third-order valence-electron chi connectivity index (χ3n) is 2.38. The molecule has 0 atom stereocenters. The third-order valence-corrected chi connectivity index (χ3v) is 2.38. The average molecular weight is 178 g/mol. The number of methoxy groups -OCH3 is 1. The molecular weight excluding hydrogens is 164 g/mol. The minimum atomic E-state index is 0.764. The summed E-state index contributed by atoms with van der Waals surface area (Å²) in [6.07, 6.45) is 1.01. The van der Waals surface area contributed by atoms with Crippen LogP contribution in [-0.2, 0) is 13.0 Å². The van der Waals surface area contributed by atoms with Crippen molar-refractivity contribution < 1.29 is 4.74 Å². The van der Waals surface area contributed by atoms with Crippen LogP contribution in [0.15, 0.2) is 6.07 Å². The van der Waals surface area contributed by atoms with Gasteiger partial charge in [0.2, 0.25) is 5.88 Å². The van der Waals surface area contributed by atoms with Gasteiger partial charge in [-0.1, -0.05) is 0 Å². The molecular formula is C10H14N2O. The van der Waals surface area contributed by atoms with Crippen molar-refractivity contribution in [3.05, 3.63) is 22.9 Å². The molecule has 0 aromatic carbocycles. The molecule has 1 aliphatic heterocycles. The van der Waals surface area contributed by atoms with Gasteiger partial charge in [0, 0.05) is 25.1 Å². The van der Waals surface area contributed by atoms with Crippen LogP contribution in [0.1, 0.15) is 16.8 Å². The van der Waals surface area contributed by atoms with Crippen molar-refractivity contribution in [3.63, 3.8) is 0 Å². The highest BCUT2D eigenvalue weighted by molar-refractivity contribution is 5.34. The zero-order chi connectivity index (χ0) is 9.26. The summed E-state index contributed by atoms with van der Waals surface area (Å²) >= 11 is 0. The Morgan fingerprint density at radius 3 is 3.15 bits per heavy atom. The minimum Gasteiger partial charge on any atom is -0.481 e. The summed E-state index contributed by atoms with van der Waals surface area (Å²) in [6, 6.07) is 2.16. The second-order valence-corrected chi connectivity index (χ2v) is 3.35. The highest BCUT2D eigenvalue weighted by atomic mass is 16.5. The second-order valence-electron chi connectivity index (χ2n) is 3.35. The smallest absolute Gasteiger partial charge is 0.216 e. The molecule has 2 heterocycles. The molecule has 0 saturated heterocycles. The van der Waals surface area contributed by atoms with Gasteiger partial charge >= 0.3 is 0 Å². The van der Waals surface area contributed by atoms with Crippen molar-refractivity contribution >= 4 is 0 Å². The number of nitrogens with one attached hydrogen (secondary N) is 1. The molecule has 2 rings (SSSR count). The van der Waals surface area contributed by atoms with Gasteiger partial charge in [0.05, 0.1) is 12.8 Å². The number of aromatic nitrogens is 1. The number of hydrogen-bond donors (Lipinski definition) is 1. The lowest BCUT2D eigenvalue weighted by atomic mass is 10.1. The van der Waals surface area contributed by atoms with E-state index < -0.39 is 0 Å². The van der Waals surface area contributed by atoms with Crippen LogP contribution < -0.4 is 10.1 Å². The molecule has 1 aromatic rings. The van der Waals surface area contributed by atoms with Gasteiger partial charge < -0.3 is 10.1 Å². The molecule has 0 radical (unpaired) electrons. The molecule has 0 unspecified atom stereocenters. The normalized spacial score (nSPS) is 15.2. The van der Waals surface area contributed by atoms with E-state index in [0.29, 0.717) is 0 Å². The Balaban J connectivity index is 2.44. The fraction of sp³-hybridized carbons (Fsp3) is 0.500. The molecule has 0 aliphatic carbocycles. The van der Waals surface area contributed by atoms with Crippen LogP contribution in [0.4, 0.5) is 0 Å². The summed E-state index contributed by atoms with van der Waals surface area (Å²) in [4.78, 5) is 4.47. The van der Waals surface area contributed by atoms with Gasteiger partial charge in [0.1, 0.15) is 0 Å². The minimum absolute atomic E-state index is 0.764. The lowest BCUT2D eigenvalue weighted by Crippen LogP contribution is -2.24. The van der Waals surface area contributed by atoms with Crippen molar-refractivity contribution in [2.75, 3.05) is 13.7 Å². The molecule has 13 heavy (non-hydrogen) atoms. The number of rotatable bonds is 1. The van der Waals surface area contributed by atoms with E-state index in [1.807, 2.05) is 6.92 Å². The first-order valence-electron chi connectivity index (χ1n) is 4.55. The van der Waals surface area contributed by atoms with Crippen LogP contribution in [0.5, 0.6) is 5.88 Å². The van der Waals surface area contributed by atoms with Crippen LogP contribution in [0.2, 0.25) is 0 Å². The summed E-state index contributed by atoms with van der Waals surface area (Å²) in [7, 11) is 1.67. The molecule has 1 aromatic heterocycles. The Morgan fingerprint density at radius 1 is 1.54 bits per heavy atom. The number of ether oxygens (including phenoxy) is 1. The lowest BCUT2D eigenvalue weighted by Gasteiger charge is -2.17. The third kappa shape index (κ3) is 1.52. The van der Waals surface area contributed by atoms with E-state index in [1.165, 1.54) is 11.3 Å². The predicted octanol–water partition coefficient (Wildman–Crippen LogP) is 1.04. The first-order chi connectivity index (χ1) is 6.31. The highest BCUT2D eigenvalue weighted by Crippen LogP contribution is 2.20. The summed E-state index contributed by atoms with van der Waals surface area (Å²) in [5, 5.41) is 3.32. The molecule has 0 spiro atoms. The van der Waals surface area contributed by atoms with Crippen LogP contribution >= 0.6 is 0 Å². The van der Waals surface area contributed by atoms with Crippen molar-refractivity contribution in [2.45, 2.75) is 19.9 Å². The Hall–Kier alpha value is -1.09. The van der Waals surface area contributed by atoms with E-state index in [2.05, 4.69) is 16.4 Å². The standard InChI is InChI=1S/C10H14N2O/c1-7-5-8-6-11-4-3-9(8)12-10(7)13-2/h5,11H,3-4,6H2,1-2H3. The van der Waals surface area contributed by atoms with Gasteiger partial charge in [0.15, 0.2) is 0 Å². The van der Waals surface area contributed by atoms with Gasteiger partial charge in [0.25, 0.3) is 0 Å². The number of pyridine rings is 1. The molecule has 3 heteroatoms. The zero-order valence-corrected chi connectivity index (χ0v) is 8.05. The van der Waals surface area contributed by atoms with E-state index in [4.69, 9.17) is 4.74 Å². The Morgan fingerprint density at radius 2 is 2.38 bits per heavy atom. The van der Waals surface area contributed by atoms with Gasteiger partial charge in [-0.2, -0.15) is 0 Å².